The lowest BCUT2D eigenvalue weighted by Gasteiger charge is -2.42. The molecule has 36 nitrogen and oxygen atoms in total. The number of hydrazone groups is 1. The molecule has 3 fully saturated rings. The molecule has 8 rings (SSSR count). The Morgan fingerprint density at radius 1 is 0.730 bits per heavy atom. The number of aryl methyl sites for hydroxylation is 1. The number of nitrogens with two attached hydrogens (primary N) is 4. The van der Waals surface area contributed by atoms with Crippen LogP contribution in [0.4, 0.5) is 11.8 Å². The van der Waals surface area contributed by atoms with Gasteiger partial charge in [0, 0.05) is 95.3 Å². The average molecular weight is 1770 g/mol. The number of unbranched alkanes of at least 4 members (excludes halogenated alkanes) is 2. The van der Waals surface area contributed by atoms with Gasteiger partial charge in [-0.2, -0.15) is 15.2 Å². The Hall–Kier alpha value is -8.28. The van der Waals surface area contributed by atoms with Gasteiger partial charge in [0.1, 0.15) is 53.5 Å². The van der Waals surface area contributed by atoms with Crippen molar-refractivity contribution >= 4 is 81.0 Å². The number of ketones is 3. The minimum absolute atomic E-state index is 0.0207. The Morgan fingerprint density at radius 3 is 2.07 bits per heavy atom. The molecule has 1 aromatic carbocycles. The van der Waals surface area contributed by atoms with Gasteiger partial charge in [-0.15, -0.1) is 0 Å². The second kappa shape index (κ2) is 55.6. The predicted molar refractivity (Wildman–Crippen MR) is 472 cm³/mol. The molecule has 0 radical (unpaired) electrons. The summed E-state index contributed by atoms with van der Waals surface area (Å²) in [6, 6.07) is 3.42. The van der Waals surface area contributed by atoms with Gasteiger partial charge in [0.2, 0.25) is 11.7 Å². The van der Waals surface area contributed by atoms with Crippen LogP contribution in [0.5, 0.6) is 0 Å². The van der Waals surface area contributed by atoms with E-state index in [2.05, 4.69) is 30.4 Å². The maximum atomic E-state index is 14.7. The minimum atomic E-state index is -2.49. The number of aromatic nitrogens is 5. The number of piperidine rings is 1. The second-order valence-electron chi connectivity index (χ2n) is 33.0. The fraction of sp³-hybridized carbons (Fsp3) is 0.689. The Morgan fingerprint density at radius 2 is 1.40 bits per heavy atom. The fourth-order valence-electron chi connectivity index (χ4n) is 15.9. The molecule has 126 heavy (non-hydrogen) atoms. The van der Waals surface area contributed by atoms with E-state index in [0.29, 0.717) is 229 Å². The number of carbonyl (C=O) groups is 6. The molecule has 4 aliphatic rings. The highest BCUT2D eigenvalue weighted by Crippen LogP contribution is 2.39. The number of Topliss-reactive ketones (excluding diaryl/α,β-unsaturated/α-hetero) is 3. The number of allylic oxidation sites excluding steroid dienone is 6. The van der Waals surface area contributed by atoms with Crippen LogP contribution < -0.4 is 28.4 Å². The quantitative estimate of drug-likeness (QED) is 0.00418. The summed E-state index contributed by atoms with van der Waals surface area (Å²) < 4.78 is 82.7. The highest BCUT2D eigenvalue weighted by molar-refractivity contribution is 6.39. The first kappa shape index (κ1) is 103. The van der Waals surface area contributed by atoms with E-state index in [4.69, 9.17) is 94.1 Å². The maximum absolute atomic E-state index is 14.7. The van der Waals surface area contributed by atoms with E-state index in [1.165, 1.54) is 19.3 Å². The number of amides is 2. The van der Waals surface area contributed by atoms with Crippen LogP contribution in [0.3, 0.4) is 0 Å². The summed E-state index contributed by atoms with van der Waals surface area (Å²) in [5, 5.41) is 47.0. The molecule has 0 spiro atoms. The third-order valence-electron chi connectivity index (χ3n) is 23.3. The molecule has 702 valence electrons. The Labute approximate surface area is 739 Å². The normalized spacial score (nSPS) is 26.2. The van der Waals surface area contributed by atoms with E-state index >= 15 is 0 Å². The Balaban J connectivity index is 0.633. The van der Waals surface area contributed by atoms with Crippen molar-refractivity contribution in [1.29, 1.82) is 0 Å². The number of nitrogens with one attached hydrogen (secondary N) is 1. The van der Waals surface area contributed by atoms with Crippen LogP contribution in [-0.2, 0) is 96.9 Å². The van der Waals surface area contributed by atoms with Gasteiger partial charge in [-0.3, -0.25) is 29.0 Å². The number of oxazole rings is 1. The summed E-state index contributed by atoms with van der Waals surface area (Å²) >= 11 is 0. The smallest absolute Gasteiger partial charge is 0.329 e. The summed E-state index contributed by atoms with van der Waals surface area (Å²) in [6.07, 6.45) is 15.9. The number of cyclic esters (lactones) is 1. The number of anilines is 2. The third kappa shape index (κ3) is 33.3. The van der Waals surface area contributed by atoms with Crippen LogP contribution in [-0.4, -0.2) is 299 Å². The predicted octanol–water partition coefficient (Wildman–Crippen LogP) is 7.03. The van der Waals surface area contributed by atoms with Gasteiger partial charge in [-0.1, -0.05) is 64.2 Å². The number of methoxy groups -OCH3 is 2. The van der Waals surface area contributed by atoms with Gasteiger partial charge < -0.3 is 115 Å². The highest BCUT2D eigenvalue weighted by Gasteiger charge is 2.53. The highest BCUT2D eigenvalue weighted by atomic mass is 16.6. The standard InChI is InChI=1S/C90H139N13O23/c1-59-18-10-9-11-19-60(2)75(113-7)55-68-25-22-64(6)90(112,126-68)84(109)87(110)102-31-15-12-21-71(102)88(111)124-76(56-72(104)61(3)51-63(5)82(107)83(108)81(106)62(4)50-59)69(91)52-65-23-26-74(77(53-65)114-8)123-33-17-13-20-67(100-94)57-95-30-35-116-37-39-118-41-43-120-45-47-122-49-48-121-46-44-119-42-40-117-38-36-115-34-28-78(105)96-29-14-16-32-103-86-79(85(92)97-58-98-86)80(101-103)66-24-27-73-70(54-66)99-89(93)125-73/h9-11,18-19,24,27,51,54,57-59,61-62,64-65,68-69,71,74-77,82-83,107-108,112H,12-17,20-23,25-26,28-50,52-53,55-56,91,94H2,1-8H3,(H2,93,99)(H,96,105)(H2,92,97,98)/b11-9?,18-10+,60-19?,63-51+,95-57?,100-67?/t59-,61-,62-,64-,65+,68+,69-,71+,74-,75+,76+,77-,82-,83+,90-/m1/s1. The number of aliphatic imine (C=N–C) groups is 1. The average Bonchev–Trinajstić information content (AvgIpc) is 1.65. The number of benzene rings is 1. The second-order valence-corrected chi connectivity index (χ2v) is 33.0. The molecule has 6 heterocycles. The number of fused-ring (bicyclic) bond motifs is 5. The molecule has 1 aliphatic carbocycles. The number of carbonyl (C=O) groups excluding carboxylic acids is 6. The first-order chi connectivity index (χ1) is 60.8. The molecule has 12 N–H and O–H groups in total. The lowest BCUT2D eigenvalue weighted by atomic mass is 9.80. The zero-order valence-corrected chi connectivity index (χ0v) is 74.9. The van der Waals surface area contributed by atoms with Crippen molar-refractivity contribution in [3.05, 3.63) is 72.1 Å². The zero-order valence-electron chi connectivity index (χ0n) is 74.9. The lowest BCUT2D eigenvalue weighted by Crippen LogP contribution is -2.61. The number of rotatable bonds is 45. The molecule has 4 aromatic rings. The number of ether oxygens (including phenoxy) is 13. The van der Waals surface area contributed by atoms with Crippen molar-refractivity contribution in [2.45, 2.75) is 224 Å². The van der Waals surface area contributed by atoms with Crippen molar-refractivity contribution in [3.8, 4) is 11.3 Å². The molecule has 2 bridgehead atoms. The van der Waals surface area contributed by atoms with E-state index in [0.717, 1.165) is 41.7 Å². The molecule has 3 aliphatic heterocycles. The van der Waals surface area contributed by atoms with Gasteiger partial charge in [-0.25, -0.2) is 19.4 Å². The van der Waals surface area contributed by atoms with Gasteiger partial charge in [0.25, 0.3) is 17.7 Å². The number of hydrogen-bond acceptors (Lipinski definition) is 33. The van der Waals surface area contributed by atoms with Crippen molar-refractivity contribution in [2.24, 2.45) is 51.3 Å². The van der Waals surface area contributed by atoms with Crippen LogP contribution in [0.1, 0.15) is 157 Å². The molecule has 15 atom stereocenters. The molecule has 2 amide bonds. The summed E-state index contributed by atoms with van der Waals surface area (Å²) in [6.45, 7) is 18.7. The SMILES string of the molecule is CO[C@H]1C[C@@H]2CC[C@@H](C)[C@@](O)(O2)C(=O)C(=O)N2CCCC[C@H]2C(=O)O[C@H]([C@H](N)C[C@@H]2CC[C@@H](OCCCCC(C=NCCOCCOCCOCCOCCOCCOCCOCCOCCC(=O)NCCCCn3nc(-c4ccc5oc(N)nc5c4)c4c(N)ncnc43)=NN)[C@H](OC)C2)CC(=O)[C@H](C)/C=C(\C)[C@@H](O)[C@@H](O)C(=O)[C@H](C)C[C@H](C)/C=C/C=CC=C1C. The number of hydrogen-bond donors (Lipinski definition) is 8. The molecule has 1 saturated carbocycles. The number of aliphatic hydroxyl groups excluding tert-OH is 2. The van der Waals surface area contributed by atoms with Crippen LogP contribution >= 0.6 is 0 Å². The van der Waals surface area contributed by atoms with E-state index in [9.17, 15) is 44.1 Å². The molecule has 36 heteroatoms. The fourth-order valence-corrected chi connectivity index (χ4v) is 15.9. The van der Waals surface area contributed by atoms with Crippen LogP contribution in [0, 0.1) is 29.6 Å². The zero-order chi connectivity index (χ0) is 90.8. The van der Waals surface area contributed by atoms with Crippen molar-refractivity contribution in [3.63, 3.8) is 0 Å². The Bertz CT molecular complexity index is 4190. The third-order valence-corrected chi connectivity index (χ3v) is 23.3. The van der Waals surface area contributed by atoms with Gasteiger partial charge in [-0.05, 0) is 151 Å². The lowest BCUT2D eigenvalue weighted by molar-refractivity contribution is -0.265. The first-order valence-corrected chi connectivity index (χ1v) is 44.6. The van der Waals surface area contributed by atoms with E-state index in [1.807, 2.05) is 56.4 Å². The monoisotopic (exact) mass is 1770 g/mol. The minimum Gasteiger partial charge on any atom is -0.459 e. The molecule has 2 saturated heterocycles. The molecule has 3 aromatic heterocycles. The summed E-state index contributed by atoms with van der Waals surface area (Å²) in [4.78, 5) is 102. The Kier molecular flexibility index (Phi) is 45.5. The van der Waals surface area contributed by atoms with Gasteiger partial charge in [0.05, 0.1) is 148 Å². The van der Waals surface area contributed by atoms with Crippen LogP contribution in [0.2, 0.25) is 0 Å². The van der Waals surface area contributed by atoms with Crippen molar-refractivity contribution in [2.75, 3.05) is 158 Å². The number of aliphatic hydroxyl groups is 3. The maximum Gasteiger partial charge on any atom is 0.329 e. The van der Waals surface area contributed by atoms with Crippen LogP contribution in [0.25, 0.3) is 33.4 Å². The summed E-state index contributed by atoms with van der Waals surface area (Å²) in [5.41, 5.74) is 24.0. The van der Waals surface area contributed by atoms with Gasteiger partial charge in [0.15, 0.2) is 17.0 Å². The molecule has 0 unspecified atom stereocenters. The van der Waals surface area contributed by atoms with E-state index in [-0.39, 0.29) is 80.4 Å². The van der Waals surface area contributed by atoms with Crippen molar-refractivity contribution in [1.82, 2.24) is 34.9 Å². The van der Waals surface area contributed by atoms with Gasteiger partial charge >= 0.3 is 5.97 Å². The molecular weight excluding hydrogens is 1630 g/mol. The number of nitrogen functional groups attached to an aromatic ring is 2. The summed E-state index contributed by atoms with van der Waals surface area (Å²) in [7, 11) is 3.19. The van der Waals surface area contributed by atoms with E-state index in [1.54, 1.807) is 52.0 Å². The molecular formula is C90H139N13O23. The van der Waals surface area contributed by atoms with E-state index < -0.39 is 95.4 Å². The van der Waals surface area contributed by atoms with Crippen molar-refractivity contribution < 1.29 is 110 Å². The van der Waals surface area contributed by atoms with Crippen LogP contribution in [0.15, 0.2) is 86.6 Å². The first-order valence-electron chi connectivity index (χ1n) is 44.6. The number of esters is 1. The summed E-state index contributed by atoms with van der Waals surface area (Å²) in [5.74, 6) is -2.99. The number of nitrogens with zero attached hydrogens (tertiary/aromatic N) is 8. The largest absolute Gasteiger partial charge is 0.459 e. The topological polar surface area (TPSA) is 497 Å².